The van der Waals surface area contributed by atoms with Crippen LogP contribution < -0.4 is 5.32 Å². The van der Waals surface area contributed by atoms with Crippen molar-refractivity contribution in [1.29, 1.82) is 0 Å². The summed E-state index contributed by atoms with van der Waals surface area (Å²) in [6.45, 7) is 1.73. The van der Waals surface area contributed by atoms with Gasteiger partial charge in [-0.25, -0.2) is 0 Å². The molecule has 0 radical (unpaired) electrons. The number of rotatable bonds is 2. The normalized spacial score (nSPS) is 14.8. The van der Waals surface area contributed by atoms with E-state index in [2.05, 4.69) is 10.4 Å². The molecule has 0 saturated carbocycles. The molecule has 1 heterocycles. The fraction of sp³-hybridized carbons (Fsp3) is 0.250. The van der Waals surface area contributed by atoms with E-state index in [1.807, 2.05) is 6.07 Å². The predicted octanol–water partition coefficient (Wildman–Crippen LogP) is 1.48. The molecule has 0 atom stereocenters. The molecule has 1 aromatic carbocycles. The minimum atomic E-state index is -0.392. The van der Waals surface area contributed by atoms with Crippen LogP contribution in [0.1, 0.15) is 23.7 Å². The number of hydrazone groups is 1. The Morgan fingerprint density at radius 3 is 2.71 bits per heavy atom. The van der Waals surface area contributed by atoms with E-state index in [0.29, 0.717) is 17.0 Å². The van der Waals surface area contributed by atoms with Gasteiger partial charge in [-0.1, -0.05) is 12.1 Å². The van der Waals surface area contributed by atoms with Gasteiger partial charge in [0.2, 0.25) is 0 Å². The maximum atomic E-state index is 12.1. The van der Waals surface area contributed by atoms with Gasteiger partial charge < -0.3 is 5.32 Å². The highest BCUT2D eigenvalue weighted by atomic mass is 16.2. The zero-order valence-corrected chi connectivity index (χ0v) is 9.73. The molecule has 1 N–H and O–H groups in total. The van der Waals surface area contributed by atoms with E-state index in [1.54, 1.807) is 32.2 Å². The number of carbonyl (C=O) groups excluding carboxylic acids is 2. The van der Waals surface area contributed by atoms with E-state index < -0.39 is 5.91 Å². The number of benzene rings is 1. The smallest absolute Gasteiger partial charge is 0.283 e. The van der Waals surface area contributed by atoms with Crippen molar-refractivity contribution in [2.75, 3.05) is 12.4 Å². The number of anilines is 1. The molecule has 5 nitrogen and oxygen atoms in total. The number of amides is 2. The number of imide groups is 1. The maximum Gasteiger partial charge on any atom is 0.283 e. The average molecular weight is 231 g/mol. The standard InChI is InChI=1S/C12H13N3O2/c1-8-7-11(16)15(14-8)12(17)9-5-3-4-6-10(9)13-2/h3-6,13H,7H2,1-2H3. The molecule has 1 aliphatic rings. The van der Waals surface area contributed by atoms with Crippen molar-refractivity contribution < 1.29 is 9.59 Å². The lowest BCUT2D eigenvalue weighted by Gasteiger charge is -2.12. The van der Waals surface area contributed by atoms with Gasteiger partial charge in [0.25, 0.3) is 11.8 Å². The molecule has 88 valence electrons. The predicted molar refractivity (Wildman–Crippen MR) is 64.9 cm³/mol. The first-order valence-electron chi connectivity index (χ1n) is 5.31. The molecule has 0 aliphatic carbocycles. The van der Waals surface area contributed by atoms with Gasteiger partial charge in [-0.2, -0.15) is 10.1 Å². The number of nitrogens with one attached hydrogen (secondary N) is 1. The van der Waals surface area contributed by atoms with Crippen molar-refractivity contribution in [2.24, 2.45) is 5.10 Å². The highest BCUT2D eigenvalue weighted by molar-refractivity contribution is 6.15. The van der Waals surface area contributed by atoms with E-state index in [9.17, 15) is 9.59 Å². The number of para-hydroxylation sites is 1. The zero-order valence-electron chi connectivity index (χ0n) is 9.73. The summed E-state index contributed by atoms with van der Waals surface area (Å²) in [6, 6.07) is 7.03. The number of hydrogen-bond acceptors (Lipinski definition) is 4. The summed E-state index contributed by atoms with van der Waals surface area (Å²) in [5.41, 5.74) is 1.79. The Balaban J connectivity index is 2.35. The van der Waals surface area contributed by atoms with E-state index in [4.69, 9.17) is 0 Å². The quantitative estimate of drug-likeness (QED) is 0.784. The summed E-state index contributed by atoms with van der Waals surface area (Å²) in [6.07, 6.45) is 0.216. The van der Waals surface area contributed by atoms with Gasteiger partial charge in [0, 0.05) is 18.4 Å². The summed E-state index contributed by atoms with van der Waals surface area (Å²) >= 11 is 0. The average Bonchev–Trinajstić information content (AvgIpc) is 2.67. The molecule has 2 amide bonds. The van der Waals surface area contributed by atoms with Gasteiger partial charge in [-0.3, -0.25) is 9.59 Å². The third-order valence-electron chi connectivity index (χ3n) is 2.53. The van der Waals surface area contributed by atoms with Gasteiger partial charge in [0.1, 0.15) is 0 Å². The molecule has 0 fully saturated rings. The van der Waals surface area contributed by atoms with Gasteiger partial charge in [0.15, 0.2) is 0 Å². The molecular weight excluding hydrogens is 218 g/mol. The number of nitrogens with zero attached hydrogens (tertiary/aromatic N) is 2. The van der Waals surface area contributed by atoms with Crippen LogP contribution >= 0.6 is 0 Å². The van der Waals surface area contributed by atoms with Crippen LogP contribution in [-0.4, -0.2) is 29.6 Å². The fourth-order valence-corrected chi connectivity index (χ4v) is 1.72. The van der Waals surface area contributed by atoms with Crippen molar-refractivity contribution in [1.82, 2.24) is 5.01 Å². The zero-order chi connectivity index (χ0) is 12.4. The van der Waals surface area contributed by atoms with Gasteiger partial charge in [0.05, 0.1) is 12.0 Å². The largest absolute Gasteiger partial charge is 0.387 e. The fourth-order valence-electron chi connectivity index (χ4n) is 1.72. The Morgan fingerprint density at radius 2 is 2.12 bits per heavy atom. The summed E-state index contributed by atoms with van der Waals surface area (Å²) < 4.78 is 0. The van der Waals surface area contributed by atoms with Gasteiger partial charge >= 0.3 is 0 Å². The highest BCUT2D eigenvalue weighted by Gasteiger charge is 2.29. The van der Waals surface area contributed by atoms with E-state index in [-0.39, 0.29) is 12.3 Å². The molecule has 17 heavy (non-hydrogen) atoms. The lowest BCUT2D eigenvalue weighted by molar-refractivity contribution is -0.126. The van der Waals surface area contributed by atoms with Crippen molar-refractivity contribution in [3.8, 4) is 0 Å². The highest BCUT2D eigenvalue weighted by Crippen LogP contribution is 2.19. The summed E-state index contributed by atoms with van der Waals surface area (Å²) in [5.74, 6) is -0.671. The second kappa shape index (κ2) is 4.37. The summed E-state index contributed by atoms with van der Waals surface area (Å²) in [5, 5.41) is 7.80. The van der Waals surface area contributed by atoms with Gasteiger partial charge in [-0.05, 0) is 19.1 Å². The first kappa shape index (κ1) is 11.3. The molecule has 0 bridgehead atoms. The molecule has 0 spiro atoms. The molecule has 0 aromatic heterocycles. The van der Waals surface area contributed by atoms with Crippen molar-refractivity contribution in [2.45, 2.75) is 13.3 Å². The molecule has 2 rings (SSSR count). The van der Waals surface area contributed by atoms with Crippen LogP contribution in [0.5, 0.6) is 0 Å². The number of hydrogen-bond donors (Lipinski definition) is 1. The van der Waals surface area contributed by atoms with E-state index in [1.165, 1.54) is 0 Å². The van der Waals surface area contributed by atoms with Crippen LogP contribution in [0.2, 0.25) is 0 Å². The minimum absolute atomic E-state index is 0.216. The van der Waals surface area contributed by atoms with Crippen LogP contribution in [0.25, 0.3) is 0 Å². The molecule has 5 heteroatoms. The lowest BCUT2D eigenvalue weighted by Crippen LogP contribution is -2.28. The molecular formula is C12H13N3O2. The van der Waals surface area contributed by atoms with Gasteiger partial charge in [-0.15, -0.1) is 0 Å². The van der Waals surface area contributed by atoms with Crippen LogP contribution in [0.15, 0.2) is 29.4 Å². The van der Waals surface area contributed by atoms with Crippen molar-refractivity contribution in [3.63, 3.8) is 0 Å². The van der Waals surface area contributed by atoms with Crippen LogP contribution in [0, 0.1) is 0 Å². The maximum absolute atomic E-state index is 12.1. The summed E-state index contributed by atoms with van der Waals surface area (Å²) in [7, 11) is 1.73. The second-order valence-corrected chi connectivity index (χ2v) is 3.82. The van der Waals surface area contributed by atoms with Crippen LogP contribution in [-0.2, 0) is 4.79 Å². The van der Waals surface area contributed by atoms with E-state index >= 15 is 0 Å². The Kier molecular flexibility index (Phi) is 2.91. The van der Waals surface area contributed by atoms with Crippen molar-refractivity contribution >= 4 is 23.2 Å². The Bertz CT molecular complexity index is 508. The summed E-state index contributed by atoms with van der Waals surface area (Å²) in [4.78, 5) is 23.7. The first-order chi connectivity index (χ1) is 8.13. The molecule has 1 aliphatic heterocycles. The molecule has 1 aromatic rings. The monoisotopic (exact) mass is 231 g/mol. The number of carbonyl (C=O) groups is 2. The molecule has 0 unspecified atom stereocenters. The minimum Gasteiger partial charge on any atom is -0.387 e. The van der Waals surface area contributed by atoms with Crippen molar-refractivity contribution in [3.05, 3.63) is 29.8 Å². The van der Waals surface area contributed by atoms with Crippen LogP contribution in [0.3, 0.4) is 0 Å². The lowest BCUT2D eigenvalue weighted by atomic mass is 10.1. The first-order valence-corrected chi connectivity index (χ1v) is 5.31. The second-order valence-electron chi connectivity index (χ2n) is 3.82. The SMILES string of the molecule is CNc1ccccc1C(=O)N1N=C(C)CC1=O. The Labute approximate surface area is 99.1 Å². The Morgan fingerprint density at radius 1 is 1.41 bits per heavy atom. The molecule has 0 saturated heterocycles. The topological polar surface area (TPSA) is 61.8 Å². The van der Waals surface area contributed by atoms with E-state index in [0.717, 1.165) is 5.01 Å². The third-order valence-corrected chi connectivity index (χ3v) is 2.53. The van der Waals surface area contributed by atoms with Crippen LogP contribution in [0.4, 0.5) is 5.69 Å². The third kappa shape index (κ3) is 2.04. The Hall–Kier alpha value is -2.17.